The van der Waals surface area contributed by atoms with Crippen molar-refractivity contribution in [2.24, 2.45) is 0 Å². The number of hydrogen-bond acceptors (Lipinski definition) is 3. The van der Waals surface area contributed by atoms with Crippen molar-refractivity contribution >= 4 is 0 Å². The van der Waals surface area contributed by atoms with Crippen LogP contribution in [0, 0.1) is 0 Å². The highest BCUT2D eigenvalue weighted by Gasteiger charge is 2.36. The first-order valence-corrected chi connectivity index (χ1v) is 11.5. The number of ether oxygens (including phenoxy) is 1. The van der Waals surface area contributed by atoms with Crippen molar-refractivity contribution in [1.29, 1.82) is 0 Å². The summed E-state index contributed by atoms with van der Waals surface area (Å²) >= 11 is 0. The first kappa shape index (κ1) is 19.1. The van der Waals surface area contributed by atoms with Crippen LogP contribution in [0.25, 0.3) is 0 Å². The van der Waals surface area contributed by atoms with Gasteiger partial charge in [0.1, 0.15) is 5.75 Å². The van der Waals surface area contributed by atoms with E-state index in [1.807, 2.05) is 0 Å². The van der Waals surface area contributed by atoms with Crippen molar-refractivity contribution in [1.82, 2.24) is 9.80 Å². The molecule has 2 saturated heterocycles. The van der Waals surface area contributed by atoms with E-state index < -0.39 is 0 Å². The predicted molar refractivity (Wildman–Crippen MR) is 119 cm³/mol. The third-order valence-electron chi connectivity index (χ3n) is 7.35. The second-order valence-electron chi connectivity index (χ2n) is 9.09. The summed E-state index contributed by atoms with van der Waals surface area (Å²) in [5.41, 5.74) is 6.10. The van der Waals surface area contributed by atoms with Crippen LogP contribution in [0.2, 0.25) is 0 Å². The van der Waals surface area contributed by atoms with Crippen molar-refractivity contribution in [3.8, 4) is 5.75 Å². The molecular formula is C26H34N2O. The summed E-state index contributed by atoms with van der Waals surface area (Å²) in [6.45, 7) is 6.20. The Hall–Kier alpha value is -1.84. The van der Waals surface area contributed by atoms with Gasteiger partial charge in [0.2, 0.25) is 0 Å². The molecule has 0 spiro atoms. The molecule has 0 bridgehead atoms. The van der Waals surface area contributed by atoms with Crippen LogP contribution < -0.4 is 4.74 Å². The van der Waals surface area contributed by atoms with E-state index in [1.165, 1.54) is 75.8 Å². The Kier molecular flexibility index (Phi) is 5.61. The molecule has 3 aliphatic heterocycles. The molecule has 2 atom stereocenters. The summed E-state index contributed by atoms with van der Waals surface area (Å²) in [5, 5.41) is 0. The van der Waals surface area contributed by atoms with Gasteiger partial charge in [-0.25, -0.2) is 0 Å². The molecule has 2 aromatic rings. The van der Waals surface area contributed by atoms with Gasteiger partial charge in [-0.3, -0.25) is 4.90 Å². The summed E-state index contributed by atoms with van der Waals surface area (Å²) in [7, 11) is 1.74. The topological polar surface area (TPSA) is 15.7 Å². The zero-order valence-corrected chi connectivity index (χ0v) is 17.8. The fourth-order valence-electron chi connectivity index (χ4n) is 5.71. The zero-order chi connectivity index (χ0) is 19.6. The van der Waals surface area contributed by atoms with Crippen molar-refractivity contribution < 1.29 is 4.74 Å². The molecule has 29 heavy (non-hydrogen) atoms. The molecule has 3 nitrogen and oxygen atoms in total. The quantitative estimate of drug-likeness (QED) is 0.714. The smallest absolute Gasteiger partial charge is 0.118 e. The summed E-state index contributed by atoms with van der Waals surface area (Å²) in [4.78, 5) is 5.39. The Labute approximate surface area is 175 Å². The van der Waals surface area contributed by atoms with E-state index >= 15 is 0 Å². The van der Waals surface area contributed by atoms with Crippen LogP contribution in [0.1, 0.15) is 66.3 Å². The Morgan fingerprint density at radius 2 is 1.72 bits per heavy atom. The average Bonchev–Trinajstić information content (AvgIpc) is 3.27. The second kappa shape index (κ2) is 8.49. The summed E-state index contributed by atoms with van der Waals surface area (Å²) in [6, 6.07) is 16.8. The van der Waals surface area contributed by atoms with Gasteiger partial charge in [-0.05, 0) is 86.1 Å². The molecule has 3 aliphatic rings. The Morgan fingerprint density at radius 1 is 0.897 bits per heavy atom. The maximum absolute atomic E-state index is 5.37. The minimum atomic E-state index is 0.474. The molecule has 0 unspecified atom stereocenters. The number of likely N-dealkylation sites (tertiary alicyclic amines) is 1. The van der Waals surface area contributed by atoms with Gasteiger partial charge in [-0.1, -0.05) is 36.8 Å². The van der Waals surface area contributed by atoms with Gasteiger partial charge in [0, 0.05) is 25.0 Å². The van der Waals surface area contributed by atoms with Crippen LogP contribution in [0.5, 0.6) is 5.75 Å². The Bertz CT molecular complexity index is 825. The molecule has 2 fully saturated rings. The molecule has 2 aromatic carbocycles. The number of rotatable bonds is 5. The van der Waals surface area contributed by atoms with Gasteiger partial charge in [-0.2, -0.15) is 0 Å². The van der Waals surface area contributed by atoms with Gasteiger partial charge < -0.3 is 9.64 Å². The highest BCUT2D eigenvalue weighted by molar-refractivity contribution is 5.45. The lowest BCUT2D eigenvalue weighted by Crippen LogP contribution is -2.35. The van der Waals surface area contributed by atoms with Crippen LogP contribution in [-0.4, -0.2) is 49.6 Å². The van der Waals surface area contributed by atoms with Crippen LogP contribution in [-0.2, 0) is 6.42 Å². The van der Waals surface area contributed by atoms with Crippen molar-refractivity contribution in [3.05, 3.63) is 64.7 Å². The SMILES string of the molecule is COc1ccc([C@H]2CN3CCC[C@H]3c3cc(CCN4CCCCC4)ccc32)cc1. The van der Waals surface area contributed by atoms with Crippen LogP contribution in [0.15, 0.2) is 42.5 Å². The van der Waals surface area contributed by atoms with E-state index in [-0.39, 0.29) is 0 Å². The highest BCUT2D eigenvalue weighted by atomic mass is 16.5. The lowest BCUT2D eigenvalue weighted by Gasteiger charge is -2.38. The number of piperidine rings is 1. The molecule has 0 amide bonds. The van der Waals surface area contributed by atoms with E-state index in [4.69, 9.17) is 4.74 Å². The van der Waals surface area contributed by atoms with E-state index in [1.54, 1.807) is 18.2 Å². The number of methoxy groups -OCH3 is 1. The first-order valence-electron chi connectivity index (χ1n) is 11.5. The molecule has 0 aromatic heterocycles. The Morgan fingerprint density at radius 3 is 2.52 bits per heavy atom. The third-order valence-corrected chi connectivity index (χ3v) is 7.35. The minimum absolute atomic E-state index is 0.474. The minimum Gasteiger partial charge on any atom is -0.497 e. The maximum atomic E-state index is 5.37. The van der Waals surface area contributed by atoms with E-state index in [2.05, 4.69) is 52.3 Å². The summed E-state index contributed by atoms with van der Waals surface area (Å²) < 4.78 is 5.37. The molecule has 3 heterocycles. The van der Waals surface area contributed by atoms with Crippen molar-refractivity contribution in [3.63, 3.8) is 0 Å². The molecule has 5 rings (SSSR count). The second-order valence-corrected chi connectivity index (χ2v) is 9.09. The van der Waals surface area contributed by atoms with Crippen LogP contribution >= 0.6 is 0 Å². The maximum Gasteiger partial charge on any atom is 0.118 e. The normalized spacial score (nSPS) is 24.9. The fourth-order valence-corrected chi connectivity index (χ4v) is 5.71. The number of fused-ring (bicyclic) bond motifs is 3. The lowest BCUT2D eigenvalue weighted by atomic mass is 9.80. The highest BCUT2D eigenvalue weighted by Crippen LogP contribution is 2.44. The van der Waals surface area contributed by atoms with Crippen LogP contribution in [0.4, 0.5) is 0 Å². The van der Waals surface area contributed by atoms with Crippen molar-refractivity contribution in [2.45, 2.75) is 50.5 Å². The molecule has 154 valence electrons. The predicted octanol–water partition coefficient (Wildman–Crippen LogP) is 5.01. The van der Waals surface area contributed by atoms with Gasteiger partial charge in [-0.15, -0.1) is 0 Å². The van der Waals surface area contributed by atoms with E-state index in [0.717, 1.165) is 12.3 Å². The first-order chi connectivity index (χ1) is 14.3. The average molecular weight is 391 g/mol. The Balaban J connectivity index is 1.40. The van der Waals surface area contributed by atoms with Crippen LogP contribution in [0.3, 0.4) is 0 Å². The lowest BCUT2D eigenvalue weighted by molar-refractivity contribution is 0.228. The third kappa shape index (κ3) is 3.95. The number of nitrogens with zero attached hydrogens (tertiary/aromatic N) is 2. The molecule has 0 aliphatic carbocycles. The monoisotopic (exact) mass is 390 g/mol. The molecule has 0 radical (unpaired) electrons. The van der Waals surface area contributed by atoms with Gasteiger partial charge in [0.15, 0.2) is 0 Å². The molecule has 0 N–H and O–H groups in total. The zero-order valence-electron chi connectivity index (χ0n) is 17.8. The standard InChI is InChI=1S/C26H34N2O/c1-29-22-10-8-21(9-11-22)25-19-28-16-5-6-26(28)24-18-20(7-12-23(24)25)13-17-27-14-3-2-4-15-27/h7-12,18,25-26H,2-6,13-17,19H2,1H3/t25-,26+/m1/s1. The largest absolute Gasteiger partial charge is 0.497 e. The number of hydrogen-bond donors (Lipinski definition) is 0. The van der Waals surface area contributed by atoms with Gasteiger partial charge >= 0.3 is 0 Å². The summed E-state index contributed by atoms with van der Waals surface area (Å²) in [5.74, 6) is 1.42. The van der Waals surface area contributed by atoms with Gasteiger partial charge in [0.25, 0.3) is 0 Å². The number of benzene rings is 2. The molecule has 3 heteroatoms. The molecule has 0 saturated carbocycles. The van der Waals surface area contributed by atoms with E-state index in [0.29, 0.717) is 12.0 Å². The van der Waals surface area contributed by atoms with Crippen molar-refractivity contribution in [2.75, 3.05) is 39.8 Å². The molecular weight excluding hydrogens is 356 g/mol. The fraction of sp³-hybridized carbons (Fsp3) is 0.538. The summed E-state index contributed by atoms with van der Waals surface area (Å²) in [6.07, 6.45) is 8.01. The van der Waals surface area contributed by atoms with Gasteiger partial charge in [0.05, 0.1) is 7.11 Å². The van der Waals surface area contributed by atoms with E-state index in [9.17, 15) is 0 Å².